The molecule has 5 heteroatoms. The van der Waals surface area contributed by atoms with Gasteiger partial charge in [-0.15, -0.1) is 34.0 Å². The van der Waals surface area contributed by atoms with Crippen LogP contribution >= 0.6 is 34.0 Å². The van der Waals surface area contributed by atoms with Crippen molar-refractivity contribution < 1.29 is 0 Å². The lowest BCUT2D eigenvalue weighted by Gasteiger charge is -2.05. The van der Waals surface area contributed by atoms with Gasteiger partial charge in [-0.1, -0.05) is 60.7 Å². The highest BCUT2D eigenvalue weighted by Gasteiger charge is 2.15. The summed E-state index contributed by atoms with van der Waals surface area (Å²) in [7, 11) is 0. The van der Waals surface area contributed by atoms with E-state index in [1.54, 1.807) is 11.3 Å². The largest absolute Gasteiger partial charge is 0.236 e. The van der Waals surface area contributed by atoms with Gasteiger partial charge in [0.05, 0.1) is 9.40 Å². The van der Waals surface area contributed by atoms with Gasteiger partial charge in [0.1, 0.15) is 0 Å². The molecule has 0 aliphatic heterocycles. The van der Waals surface area contributed by atoms with Crippen LogP contribution in [0, 0.1) is 0 Å². The molecular formula is C38H20N2S3. The maximum atomic E-state index is 4.81. The highest BCUT2D eigenvalue weighted by atomic mass is 32.1. The maximum Gasteiger partial charge on any atom is 0.159 e. The van der Waals surface area contributed by atoms with Crippen LogP contribution in [0.2, 0.25) is 0 Å². The molecule has 0 N–H and O–H groups in total. The molecule has 10 aromatic rings. The molecular weight excluding hydrogens is 581 g/mol. The minimum Gasteiger partial charge on any atom is -0.236 e. The molecule has 0 aliphatic rings. The van der Waals surface area contributed by atoms with Crippen molar-refractivity contribution >= 4 is 106 Å². The molecule has 10 rings (SSSR count). The first-order valence-corrected chi connectivity index (χ1v) is 16.6. The van der Waals surface area contributed by atoms with Crippen molar-refractivity contribution in [3.8, 4) is 21.8 Å². The second-order valence-electron chi connectivity index (χ2n) is 11.1. The summed E-state index contributed by atoms with van der Waals surface area (Å²) in [6, 6.07) is 40.0. The predicted molar refractivity (Wildman–Crippen MR) is 189 cm³/mol. The van der Waals surface area contributed by atoms with Gasteiger partial charge in [-0.2, -0.15) is 0 Å². The summed E-state index contributed by atoms with van der Waals surface area (Å²) in [4.78, 5) is 10.8. The first kappa shape index (κ1) is 23.8. The number of thiophene rings is 3. The molecule has 4 aromatic heterocycles. The van der Waals surface area contributed by atoms with Crippen LogP contribution in [0.25, 0.3) is 93.8 Å². The monoisotopic (exact) mass is 600 g/mol. The lowest BCUT2D eigenvalue weighted by molar-refractivity contribution is 1.18. The molecule has 0 aliphatic carbocycles. The van der Waals surface area contributed by atoms with E-state index in [0.717, 1.165) is 17.0 Å². The Hall–Kier alpha value is -4.68. The summed E-state index contributed by atoms with van der Waals surface area (Å²) in [5.41, 5.74) is 2.09. The van der Waals surface area contributed by atoms with Crippen molar-refractivity contribution in [1.29, 1.82) is 0 Å². The average Bonchev–Trinajstić information content (AvgIpc) is 3.73. The summed E-state index contributed by atoms with van der Waals surface area (Å²) in [6.07, 6.45) is 3.92. The molecule has 0 atom stereocenters. The zero-order valence-corrected chi connectivity index (χ0v) is 25.1. The van der Waals surface area contributed by atoms with E-state index >= 15 is 0 Å². The fourth-order valence-corrected chi connectivity index (χ4v) is 10.1. The standard InChI is InChI=1S/C38H20N2S3/c1-3-7-23-15-32-28(11-21(23)5-1)18-33(41-32)29-19-39-38(40-20-29)26-10-9-25-14-31-35(17-27(25)12-26)43-36-30-13-22-6-2-4-8-24(22)16-34(30)42-37(31)36/h1-20H. The number of hydrogen-bond acceptors (Lipinski definition) is 5. The summed E-state index contributed by atoms with van der Waals surface area (Å²) >= 11 is 5.61. The lowest BCUT2D eigenvalue weighted by atomic mass is 10.0. The maximum absolute atomic E-state index is 4.81. The van der Waals surface area contributed by atoms with Gasteiger partial charge in [-0.05, 0) is 86.2 Å². The lowest BCUT2D eigenvalue weighted by Crippen LogP contribution is -1.89. The molecule has 0 unspecified atom stereocenters. The minimum atomic E-state index is 0.752. The van der Waals surface area contributed by atoms with Crippen LogP contribution in [0.1, 0.15) is 0 Å². The molecule has 0 bridgehead atoms. The average molecular weight is 601 g/mol. The Kier molecular flexibility index (Phi) is 4.94. The van der Waals surface area contributed by atoms with E-state index in [1.807, 2.05) is 35.1 Å². The SMILES string of the molecule is c1ccc2cc3sc(-c4cnc(-c5ccc6cc7c(cc6c5)sc5c6cc8ccccc8cc6sc75)nc4)cc3cc2c1. The van der Waals surface area contributed by atoms with E-state index in [9.17, 15) is 0 Å². The molecule has 0 fully saturated rings. The fourth-order valence-electron chi connectivity index (χ4n) is 6.30. The Morgan fingerprint density at radius 3 is 1.63 bits per heavy atom. The Morgan fingerprint density at radius 1 is 0.395 bits per heavy atom. The Labute approximate surface area is 258 Å². The van der Waals surface area contributed by atoms with E-state index in [1.165, 1.54) is 76.9 Å². The summed E-state index contributed by atoms with van der Waals surface area (Å²) < 4.78 is 6.76. The van der Waals surface area contributed by atoms with Gasteiger partial charge in [0, 0.05) is 53.3 Å². The third kappa shape index (κ3) is 3.69. The van der Waals surface area contributed by atoms with Crippen LogP contribution < -0.4 is 0 Å². The molecule has 0 amide bonds. The summed E-state index contributed by atoms with van der Waals surface area (Å²) in [5.74, 6) is 0.752. The van der Waals surface area contributed by atoms with Crippen molar-refractivity contribution in [2.45, 2.75) is 0 Å². The number of nitrogens with zero attached hydrogens (tertiary/aromatic N) is 2. The number of fused-ring (bicyclic) bond motifs is 9. The molecule has 4 heterocycles. The van der Waals surface area contributed by atoms with Gasteiger partial charge in [-0.25, -0.2) is 9.97 Å². The number of rotatable bonds is 2. The van der Waals surface area contributed by atoms with E-state index in [2.05, 4.69) is 109 Å². The molecule has 0 saturated carbocycles. The third-order valence-electron chi connectivity index (χ3n) is 8.49. The Bertz CT molecular complexity index is 2680. The zero-order chi connectivity index (χ0) is 28.1. The third-order valence-corrected chi connectivity index (χ3v) is 12.1. The minimum absolute atomic E-state index is 0.752. The van der Waals surface area contributed by atoms with Crippen LogP contribution in [-0.2, 0) is 0 Å². The van der Waals surface area contributed by atoms with Crippen molar-refractivity contribution in [3.63, 3.8) is 0 Å². The van der Waals surface area contributed by atoms with E-state index < -0.39 is 0 Å². The van der Waals surface area contributed by atoms with Gasteiger partial charge < -0.3 is 0 Å². The fraction of sp³-hybridized carbons (Fsp3) is 0. The highest BCUT2D eigenvalue weighted by molar-refractivity contribution is 7.36. The first-order chi connectivity index (χ1) is 21.2. The van der Waals surface area contributed by atoms with E-state index in [4.69, 9.17) is 9.97 Å². The quantitative estimate of drug-likeness (QED) is 0.197. The summed E-state index contributed by atoms with van der Waals surface area (Å²) in [6.45, 7) is 0. The zero-order valence-electron chi connectivity index (χ0n) is 22.7. The molecule has 0 radical (unpaired) electrons. The van der Waals surface area contributed by atoms with Crippen LogP contribution in [0.4, 0.5) is 0 Å². The first-order valence-electron chi connectivity index (χ1n) is 14.2. The van der Waals surface area contributed by atoms with Crippen molar-refractivity contribution in [1.82, 2.24) is 9.97 Å². The van der Waals surface area contributed by atoms with Gasteiger partial charge in [0.25, 0.3) is 0 Å². The normalized spacial score (nSPS) is 12.2. The van der Waals surface area contributed by atoms with E-state index in [-0.39, 0.29) is 0 Å². The molecule has 200 valence electrons. The Morgan fingerprint density at radius 2 is 0.953 bits per heavy atom. The second kappa shape index (κ2) is 8.91. The van der Waals surface area contributed by atoms with E-state index in [0.29, 0.717) is 0 Å². The Balaban J connectivity index is 1.03. The molecule has 2 nitrogen and oxygen atoms in total. The molecule has 0 saturated heterocycles. The van der Waals surface area contributed by atoms with Gasteiger partial charge >= 0.3 is 0 Å². The van der Waals surface area contributed by atoms with Crippen molar-refractivity contribution in [2.75, 3.05) is 0 Å². The topological polar surface area (TPSA) is 25.8 Å². The number of benzene rings is 6. The van der Waals surface area contributed by atoms with Crippen molar-refractivity contribution in [3.05, 3.63) is 122 Å². The second-order valence-corrected chi connectivity index (χ2v) is 14.3. The van der Waals surface area contributed by atoms with Gasteiger partial charge in [-0.3, -0.25) is 0 Å². The predicted octanol–water partition coefficient (Wildman–Crippen LogP) is 12.1. The smallest absolute Gasteiger partial charge is 0.159 e. The number of hydrogen-bond donors (Lipinski definition) is 0. The van der Waals surface area contributed by atoms with Crippen LogP contribution in [-0.4, -0.2) is 9.97 Å². The van der Waals surface area contributed by atoms with Gasteiger partial charge in [0.2, 0.25) is 0 Å². The number of aromatic nitrogens is 2. The van der Waals surface area contributed by atoms with Crippen LogP contribution in [0.15, 0.2) is 122 Å². The van der Waals surface area contributed by atoms with Crippen molar-refractivity contribution in [2.24, 2.45) is 0 Å². The molecule has 43 heavy (non-hydrogen) atoms. The highest BCUT2D eigenvalue weighted by Crippen LogP contribution is 2.46. The van der Waals surface area contributed by atoms with Gasteiger partial charge in [0.15, 0.2) is 5.82 Å². The van der Waals surface area contributed by atoms with Crippen LogP contribution in [0.3, 0.4) is 0 Å². The molecule has 0 spiro atoms. The van der Waals surface area contributed by atoms with Crippen LogP contribution in [0.5, 0.6) is 0 Å². The molecule has 6 aromatic carbocycles. The summed E-state index contributed by atoms with van der Waals surface area (Å²) in [5, 5.41) is 11.6.